The van der Waals surface area contributed by atoms with E-state index < -0.39 is 0 Å². The summed E-state index contributed by atoms with van der Waals surface area (Å²) in [6, 6.07) is 9.03. The molecule has 4 nitrogen and oxygen atoms in total. The van der Waals surface area contributed by atoms with Crippen LogP contribution in [0.25, 0.3) is 0 Å². The number of rotatable bonds is 5. The van der Waals surface area contributed by atoms with Crippen molar-refractivity contribution in [3.05, 3.63) is 47.1 Å². The third-order valence-electron chi connectivity index (χ3n) is 2.94. The van der Waals surface area contributed by atoms with Crippen molar-refractivity contribution in [3.63, 3.8) is 0 Å². The van der Waals surface area contributed by atoms with Crippen LogP contribution >= 0.6 is 23.4 Å². The Bertz CT molecular complexity index is 649. The van der Waals surface area contributed by atoms with Crippen LogP contribution in [0.5, 0.6) is 0 Å². The van der Waals surface area contributed by atoms with Crippen LogP contribution < -0.4 is 11.1 Å². The van der Waals surface area contributed by atoms with Crippen LogP contribution in [0.2, 0.25) is 5.02 Å². The molecule has 2 rings (SSSR count). The zero-order chi connectivity index (χ0) is 15.2. The van der Waals surface area contributed by atoms with E-state index in [0.717, 1.165) is 16.3 Å². The molecule has 1 heterocycles. The van der Waals surface area contributed by atoms with Crippen LogP contribution in [-0.2, 0) is 4.79 Å². The van der Waals surface area contributed by atoms with Gasteiger partial charge >= 0.3 is 0 Å². The first-order valence-electron chi connectivity index (χ1n) is 6.46. The lowest BCUT2D eigenvalue weighted by molar-refractivity contribution is -0.115. The van der Waals surface area contributed by atoms with Gasteiger partial charge in [-0.2, -0.15) is 0 Å². The number of nitrogen functional groups attached to an aromatic ring is 1. The van der Waals surface area contributed by atoms with Crippen LogP contribution in [0.1, 0.15) is 12.0 Å². The molecule has 0 atom stereocenters. The van der Waals surface area contributed by atoms with E-state index in [1.54, 1.807) is 18.3 Å². The summed E-state index contributed by atoms with van der Waals surface area (Å²) in [4.78, 5) is 16.1. The minimum absolute atomic E-state index is 0.0525. The number of carbonyl (C=O) groups is 1. The van der Waals surface area contributed by atoms with E-state index in [9.17, 15) is 4.79 Å². The molecule has 1 amide bonds. The van der Waals surface area contributed by atoms with Crippen LogP contribution in [0.4, 0.5) is 11.4 Å². The van der Waals surface area contributed by atoms with Gasteiger partial charge in [-0.3, -0.25) is 4.79 Å². The number of hydrogen-bond acceptors (Lipinski definition) is 4. The lowest BCUT2D eigenvalue weighted by Crippen LogP contribution is -2.13. The summed E-state index contributed by atoms with van der Waals surface area (Å²) in [6.07, 6.45) is 2.07. The first-order valence-corrected chi connectivity index (χ1v) is 7.82. The Morgan fingerprint density at radius 1 is 1.38 bits per heavy atom. The van der Waals surface area contributed by atoms with Gasteiger partial charge in [-0.1, -0.05) is 17.7 Å². The fraction of sp³-hybridized carbons (Fsp3) is 0.200. The van der Waals surface area contributed by atoms with Crippen molar-refractivity contribution in [2.24, 2.45) is 0 Å². The highest BCUT2D eigenvalue weighted by atomic mass is 35.5. The highest BCUT2D eigenvalue weighted by Gasteiger charge is 2.08. The molecule has 110 valence electrons. The number of benzene rings is 1. The number of nitrogens with zero attached hydrogens (tertiary/aromatic N) is 1. The SMILES string of the molecule is Cc1c(N)cccc1NC(=O)CCSc1ncccc1Cl. The third-order valence-corrected chi connectivity index (χ3v) is 4.37. The fourth-order valence-electron chi connectivity index (χ4n) is 1.72. The minimum atomic E-state index is -0.0525. The summed E-state index contributed by atoms with van der Waals surface area (Å²) in [5, 5.41) is 4.22. The molecule has 1 aromatic heterocycles. The molecule has 0 saturated carbocycles. The van der Waals surface area contributed by atoms with Crippen molar-refractivity contribution in [1.29, 1.82) is 0 Å². The van der Waals surface area contributed by atoms with Crippen LogP contribution in [0.15, 0.2) is 41.6 Å². The topological polar surface area (TPSA) is 68.0 Å². The Hall–Kier alpha value is -1.72. The number of aromatic nitrogens is 1. The molecule has 1 aromatic carbocycles. The van der Waals surface area contributed by atoms with Gasteiger partial charge in [-0.05, 0) is 36.8 Å². The second-order valence-corrected chi connectivity index (χ2v) is 5.95. The fourth-order valence-corrected chi connectivity index (χ4v) is 2.83. The van der Waals surface area contributed by atoms with Crippen molar-refractivity contribution < 1.29 is 4.79 Å². The average molecular weight is 322 g/mol. The first kappa shape index (κ1) is 15.7. The van der Waals surface area contributed by atoms with Crippen LogP contribution in [-0.4, -0.2) is 16.6 Å². The second-order valence-electron chi connectivity index (χ2n) is 4.46. The number of amides is 1. The molecule has 21 heavy (non-hydrogen) atoms. The Kier molecular flexibility index (Phi) is 5.47. The molecule has 3 N–H and O–H groups in total. The number of thioether (sulfide) groups is 1. The predicted molar refractivity (Wildman–Crippen MR) is 88.8 cm³/mol. The number of nitrogens with one attached hydrogen (secondary N) is 1. The van der Waals surface area contributed by atoms with E-state index in [1.165, 1.54) is 11.8 Å². The van der Waals surface area contributed by atoms with Crippen LogP contribution in [0.3, 0.4) is 0 Å². The Morgan fingerprint density at radius 3 is 2.95 bits per heavy atom. The number of hydrogen-bond donors (Lipinski definition) is 2. The molecule has 0 saturated heterocycles. The van der Waals surface area contributed by atoms with E-state index in [-0.39, 0.29) is 5.91 Å². The molecule has 0 spiro atoms. The molecule has 2 aromatic rings. The normalized spacial score (nSPS) is 10.4. The maximum absolute atomic E-state index is 11.9. The monoisotopic (exact) mass is 321 g/mol. The van der Waals surface area contributed by atoms with Gasteiger partial charge in [0.25, 0.3) is 0 Å². The highest BCUT2D eigenvalue weighted by molar-refractivity contribution is 7.99. The number of halogens is 1. The molecule has 0 aliphatic heterocycles. The van der Waals surface area contributed by atoms with Gasteiger partial charge in [0, 0.05) is 29.7 Å². The Morgan fingerprint density at radius 2 is 2.19 bits per heavy atom. The van der Waals surface area contributed by atoms with E-state index in [0.29, 0.717) is 22.9 Å². The zero-order valence-corrected chi connectivity index (χ0v) is 13.2. The number of carbonyl (C=O) groups excluding carboxylic acids is 1. The van der Waals surface area contributed by atoms with Crippen molar-refractivity contribution in [2.45, 2.75) is 18.4 Å². The summed E-state index contributed by atoms with van der Waals surface area (Å²) < 4.78 is 0. The molecule has 6 heteroatoms. The summed E-state index contributed by atoms with van der Waals surface area (Å²) in [5.74, 6) is 0.562. The average Bonchev–Trinajstić information content (AvgIpc) is 2.46. The Labute approximate surface area is 133 Å². The van der Waals surface area contributed by atoms with Crippen molar-refractivity contribution in [3.8, 4) is 0 Å². The van der Waals surface area contributed by atoms with E-state index in [2.05, 4.69) is 10.3 Å². The summed E-state index contributed by atoms with van der Waals surface area (Å²) in [5.41, 5.74) is 8.11. The summed E-state index contributed by atoms with van der Waals surface area (Å²) >= 11 is 7.47. The van der Waals surface area contributed by atoms with E-state index >= 15 is 0 Å². The second kappa shape index (κ2) is 7.33. The smallest absolute Gasteiger partial charge is 0.225 e. The molecular formula is C15H16ClN3OS. The minimum Gasteiger partial charge on any atom is -0.398 e. The molecule has 0 radical (unpaired) electrons. The van der Waals surface area contributed by atoms with Gasteiger partial charge in [0.15, 0.2) is 0 Å². The molecule has 0 bridgehead atoms. The molecule has 0 aliphatic rings. The summed E-state index contributed by atoms with van der Waals surface area (Å²) in [7, 11) is 0. The van der Waals surface area contributed by atoms with Gasteiger partial charge < -0.3 is 11.1 Å². The van der Waals surface area contributed by atoms with Crippen molar-refractivity contribution >= 4 is 40.6 Å². The van der Waals surface area contributed by atoms with Gasteiger partial charge in [0.2, 0.25) is 5.91 Å². The van der Waals surface area contributed by atoms with E-state index in [4.69, 9.17) is 17.3 Å². The Balaban J connectivity index is 1.85. The van der Waals surface area contributed by atoms with Gasteiger partial charge in [0.1, 0.15) is 5.03 Å². The van der Waals surface area contributed by atoms with Gasteiger partial charge in [-0.15, -0.1) is 11.8 Å². The van der Waals surface area contributed by atoms with Crippen molar-refractivity contribution in [1.82, 2.24) is 4.98 Å². The van der Waals surface area contributed by atoms with E-state index in [1.807, 2.05) is 25.1 Å². The lowest BCUT2D eigenvalue weighted by atomic mass is 10.1. The quantitative estimate of drug-likeness (QED) is 0.650. The molecule has 0 unspecified atom stereocenters. The van der Waals surface area contributed by atoms with Crippen LogP contribution in [0, 0.1) is 6.92 Å². The zero-order valence-electron chi connectivity index (χ0n) is 11.6. The first-order chi connectivity index (χ1) is 10.1. The number of pyridine rings is 1. The van der Waals surface area contributed by atoms with Gasteiger partial charge in [0.05, 0.1) is 5.02 Å². The predicted octanol–water partition coefficient (Wildman–Crippen LogP) is 3.75. The largest absolute Gasteiger partial charge is 0.398 e. The molecule has 0 fully saturated rings. The maximum Gasteiger partial charge on any atom is 0.225 e. The molecule has 0 aliphatic carbocycles. The van der Waals surface area contributed by atoms with Gasteiger partial charge in [-0.25, -0.2) is 4.98 Å². The molecular weight excluding hydrogens is 306 g/mol. The summed E-state index contributed by atoms with van der Waals surface area (Å²) in [6.45, 7) is 1.88. The lowest BCUT2D eigenvalue weighted by Gasteiger charge is -2.10. The standard InChI is InChI=1S/C15H16ClN3OS/c1-10-12(17)5-2-6-13(10)19-14(20)7-9-21-15-11(16)4-3-8-18-15/h2-6,8H,7,9,17H2,1H3,(H,19,20). The number of nitrogens with two attached hydrogens (primary N) is 1. The maximum atomic E-state index is 11.9. The highest BCUT2D eigenvalue weighted by Crippen LogP contribution is 2.25. The number of anilines is 2. The van der Waals surface area contributed by atoms with Crippen molar-refractivity contribution in [2.75, 3.05) is 16.8 Å². The third kappa shape index (κ3) is 4.37.